The van der Waals surface area contributed by atoms with Crippen molar-refractivity contribution in [3.63, 3.8) is 0 Å². The van der Waals surface area contributed by atoms with Gasteiger partial charge in [-0.2, -0.15) is 4.98 Å². The Morgan fingerprint density at radius 1 is 1.07 bits per heavy atom. The van der Waals surface area contributed by atoms with Crippen molar-refractivity contribution in [1.82, 2.24) is 24.4 Å². The second-order valence-electron chi connectivity index (χ2n) is 7.39. The van der Waals surface area contributed by atoms with E-state index in [0.29, 0.717) is 43.6 Å². The van der Waals surface area contributed by atoms with E-state index in [9.17, 15) is 9.59 Å². The summed E-state index contributed by atoms with van der Waals surface area (Å²) in [5.74, 6) is 0.939. The molecule has 4 heterocycles. The second kappa shape index (κ2) is 7.97. The highest BCUT2D eigenvalue weighted by atomic mass is 16.4. The highest BCUT2D eigenvalue weighted by Gasteiger charge is 2.20. The molecule has 1 amide bonds. The number of carbonyl (C=O) groups is 1. The molecule has 0 unspecified atom stereocenters. The number of amides is 1. The summed E-state index contributed by atoms with van der Waals surface area (Å²) in [6.45, 7) is 6.07. The van der Waals surface area contributed by atoms with Crippen molar-refractivity contribution >= 4 is 34.6 Å². The van der Waals surface area contributed by atoms with Crippen LogP contribution in [-0.2, 0) is 0 Å². The quantitative estimate of drug-likeness (QED) is 0.674. The summed E-state index contributed by atoms with van der Waals surface area (Å²) < 4.78 is 1.63. The van der Waals surface area contributed by atoms with Gasteiger partial charge in [0.1, 0.15) is 11.5 Å². The molecule has 1 fully saturated rings. The average Bonchev–Trinajstić information content (AvgIpc) is 2.74. The fourth-order valence-electron chi connectivity index (χ4n) is 3.52. The van der Waals surface area contributed by atoms with Gasteiger partial charge < -0.3 is 20.2 Å². The average molecular weight is 409 g/mol. The smallest absolute Gasteiger partial charge is 0.407 e. The van der Waals surface area contributed by atoms with Crippen molar-refractivity contribution in [2.24, 2.45) is 0 Å². The number of nitrogens with zero attached hydrogens (tertiary/aromatic N) is 6. The molecule has 1 aliphatic heterocycles. The van der Waals surface area contributed by atoms with Crippen molar-refractivity contribution in [1.29, 1.82) is 0 Å². The van der Waals surface area contributed by atoms with Crippen LogP contribution in [0.2, 0.25) is 0 Å². The zero-order chi connectivity index (χ0) is 21.3. The summed E-state index contributed by atoms with van der Waals surface area (Å²) in [6, 6.07) is 6.97. The number of rotatable bonds is 4. The minimum Gasteiger partial charge on any atom is -0.465 e. The highest BCUT2D eigenvalue weighted by molar-refractivity contribution is 5.75. The number of fused-ring (bicyclic) bond motifs is 1. The van der Waals surface area contributed by atoms with Crippen molar-refractivity contribution in [3.05, 3.63) is 47.0 Å². The van der Waals surface area contributed by atoms with E-state index >= 15 is 0 Å². The SMILES string of the molecule is CC(C)n1c(=O)ccc2cnc(Nc3ccc(N4CCN(C(=O)O)CC4)cn3)nc21. The zero-order valence-electron chi connectivity index (χ0n) is 16.8. The van der Waals surface area contributed by atoms with Crippen molar-refractivity contribution < 1.29 is 9.90 Å². The third kappa shape index (κ3) is 3.88. The molecule has 1 saturated heterocycles. The number of hydrogen-bond donors (Lipinski definition) is 2. The summed E-state index contributed by atoms with van der Waals surface area (Å²) in [7, 11) is 0. The Morgan fingerprint density at radius 3 is 2.47 bits per heavy atom. The van der Waals surface area contributed by atoms with Crippen LogP contribution >= 0.6 is 0 Å². The molecule has 3 aromatic heterocycles. The molecule has 156 valence electrons. The van der Waals surface area contributed by atoms with Gasteiger partial charge in [-0.1, -0.05) is 0 Å². The molecular formula is C20H23N7O3. The van der Waals surface area contributed by atoms with E-state index in [1.54, 1.807) is 23.0 Å². The van der Waals surface area contributed by atoms with Crippen molar-refractivity contribution in [2.75, 3.05) is 36.4 Å². The molecule has 0 bridgehead atoms. The molecule has 0 saturated carbocycles. The molecule has 0 radical (unpaired) electrons. The molecule has 1 aliphatic rings. The standard InChI is InChI=1S/C20H23N7O3/c1-13(2)27-17(28)6-3-14-11-22-19(24-18(14)27)23-16-5-4-15(12-21-16)25-7-9-26(10-8-25)20(29)30/h3-6,11-13H,7-10H2,1-2H3,(H,29,30)(H,21,22,23,24). The Morgan fingerprint density at radius 2 is 1.83 bits per heavy atom. The first-order chi connectivity index (χ1) is 14.4. The van der Waals surface area contributed by atoms with Crippen LogP contribution in [0.15, 0.2) is 41.5 Å². The molecule has 10 nitrogen and oxygen atoms in total. The van der Waals surface area contributed by atoms with E-state index in [4.69, 9.17) is 5.11 Å². The topological polar surface area (TPSA) is 116 Å². The minimum atomic E-state index is -0.884. The van der Waals surface area contributed by atoms with E-state index in [0.717, 1.165) is 11.1 Å². The fraction of sp³-hybridized carbons (Fsp3) is 0.350. The molecule has 3 aromatic rings. The monoisotopic (exact) mass is 409 g/mol. The van der Waals surface area contributed by atoms with Gasteiger partial charge in [-0.15, -0.1) is 0 Å². The van der Waals surface area contributed by atoms with Crippen LogP contribution < -0.4 is 15.8 Å². The van der Waals surface area contributed by atoms with E-state index in [1.807, 2.05) is 26.0 Å². The summed E-state index contributed by atoms with van der Waals surface area (Å²) in [5, 5.41) is 12.9. The number of aromatic nitrogens is 4. The largest absolute Gasteiger partial charge is 0.465 e. The van der Waals surface area contributed by atoms with Crippen LogP contribution in [0, 0.1) is 0 Å². The first-order valence-corrected chi connectivity index (χ1v) is 9.76. The Balaban J connectivity index is 1.51. The fourth-order valence-corrected chi connectivity index (χ4v) is 3.52. The summed E-state index contributed by atoms with van der Waals surface area (Å²) in [6.07, 6.45) is 2.54. The van der Waals surface area contributed by atoms with Gasteiger partial charge in [0.2, 0.25) is 5.95 Å². The Kier molecular flexibility index (Phi) is 5.21. The van der Waals surface area contributed by atoms with Gasteiger partial charge in [0.05, 0.1) is 11.9 Å². The lowest BCUT2D eigenvalue weighted by atomic mass is 10.3. The predicted octanol–water partition coefficient (Wildman–Crippen LogP) is 2.31. The molecule has 0 aliphatic carbocycles. The number of pyridine rings is 2. The second-order valence-corrected chi connectivity index (χ2v) is 7.39. The van der Waals surface area contributed by atoms with Gasteiger partial charge in [-0.05, 0) is 32.0 Å². The van der Waals surface area contributed by atoms with Crippen LogP contribution in [0.4, 0.5) is 22.2 Å². The van der Waals surface area contributed by atoms with Crippen LogP contribution in [0.5, 0.6) is 0 Å². The maximum absolute atomic E-state index is 12.2. The Hall–Kier alpha value is -3.69. The predicted molar refractivity (Wildman–Crippen MR) is 114 cm³/mol. The number of nitrogens with one attached hydrogen (secondary N) is 1. The van der Waals surface area contributed by atoms with E-state index < -0.39 is 6.09 Å². The lowest BCUT2D eigenvalue weighted by molar-refractivity contribution is 0.142. The maximum Gasteiger partial charge on any atom is 0.407 e. The van der Waals surface area contributed by atoms with Gasteiger partial charge in [0, 0.05) is 49.9 Å². The maximum atomic E-state index is 12.2. The normalized spacial score (nSPS) is 14.4. The van der Waals surface area contributed by atoms with E-state index in [2.05, 4.69) is 25.2 Å². The van der Waals surface area contributed by atoms with Gasteiger partial charge in [-0.3, -0.25) is 9.36 Å². The molecular weight excluding hydrogens is 386 g/mol. The van der Waals surface area contributed by atoms with E-state index in [-0.39, 0.29) is 11.6 Å². The van der Waals surface area contributed by atoms with Crippen LogP contribution in [0.1, 0.15) is 19.9 Å². The molecule has 0 atom stereocenters. The first-order valence-electron chi connectivity index (χ1n) is 9.76. The highest BCUT2D eigenvalue weighted by Crippen LogP contribution is 2.20. The third-order valence-corrected chi connectivity index (χ3v) is 5.09. The zero-order valence-corrected chi connectivity index (χ0v) is 16.8. The molecule has 4 rings (SSSR count). The molecule has 30 heavy (non-hydrogen) atoms. The minimum absolute atomic E-state index is 0.0250. The van der Waals surface area contributed by atoms with Crippen LogP contribution in [0.25, 0.3) is 11.0 Å². The van der Waals surface area contributed by atoms with Crippen LogP contribution in [0.3, 0.4) is 0 Å². The van der Waals surface area contributed by atoms with E-state index in [1.165, 1.54) is 11.0 Å². The molecule has 0 aromatic carbocycles. The number of hydrogen-bond acceptors (Lipinski definition) is 7. The van der Waals surface area contributed by atoms with Crippen LogP contribution in [-0.4, -0.2) is 61.8 Å². The summed E-state index contributed by atoms with van der Waals surface area (Å²) in [4.78, 5) is 40.0. The lowest BCUT2D eigenvalue weighted by Gasteiger charge is -2.34. The third-order valence-electron chi connectivity index (χ3n) is 5.09. The number of anilines is 3. The summed E-state index contributed by atoms with van der Waals surface area (Å²) in [5.41, 5.74) is 1.40. The summed E-state index contributed by atoms with van der Waals surface area (Å²) >= 11 is 0. The van der Waals surface area contributed by atoms with Gasteiger partial charge in [0.25, 0.3) is 5.56 Å². The number of piperazine rings is 1. The van der Waals surface area contributed by atoms with Gasteiger partial charge in [0.15, 0.2) is 0 Å². The van der Waals surface area contributed by atoms with Gasteiger partial charge in [-0.25, -0.2) is 14.8 Å². The molecule has 0 spiro atoms. The van der Waals surface area contributed by atoms with Gasteiger partial charge >= 0.3 is 6.09 Å². The Bertz CT molecular complexity index is 1120. The molecule has 2 N–H and O–H groups in total. The number of carboxylic acid groups (broad SMARTS) is 1. The van der Waals surface area contributed by atoms with Crippen molar-refractivity contribution in [2.45, 2.75) is 19.9 Å². The lowest BCUT2D eigenvalue weighted by Crippen LogP contribution is -2.48. The first kappa shape index (κ1) is 19.6. The van der Waals surface area contributed by atoms with Crippen molar-refractivity contribution in [3.8, 4) is 0 Å². The molecule has 10 heteroatoms. The Labute approximate surface area is 172 Å².